The fourth-order valence-corrected chi connectivity index (χ4v) is 2.84. The number of pyridine rings is 1. The van der Waals surface area contributed by atoms with E-state index in [-0.39, 0.29) is 10.0 Å². The SMILES string of the molecule is CCNS(=O)(=O)c1cc(Br)cnc1Cl. The fourth-order valence-electron chi connectivity index (χ4n) is 0.860. The van der Waals surface area contributed by atoms with Gasteiger partial charge in [0.1, 0.15) is 10.0 Å². The first-order valence-corrected chi connectivity index (χ1v) is 6.43. The van der Waals surface area contributed by atoms with Crippen molar-refractivity contribution in [3.05, 3.63) is 21.9 Å². The van der Waals surface area contributed by atoms with E-state index >= 15 is 0 Å². The summed E-state index contributed by atoms with van der Waals surface area (Å²) in [6.07, 6.45) is 1.44. The number of aromatic nitrogens is 1. The summed E-state index contributed by atoms with van der Waals surface area (Å²) in [5.41, 5.74) is 0. The second kappa shape index (κ2) is 4.57. The topological polar surface area (TPSA) is 59.1 Å². The molecular weight excluding hydrogens is 292 g/mol. The minimum Gasteiger partial charge on any atom is -0.242 e. The Bertz CT molecular complexity index is 435. The van der Waals surface area contributed by atoms with Crippen LogP contribution in [0.4, 0.5) is 0 Å². The molecule has 0 spiro atoms. The first-order chi connectivity index (χ1) is 6.47. The molecule has 0 aliphatic carbocycles. The highest BCUT2D eigenvalue weighted by atomic mass is 79.9. The Kier molecular flexibility index (Phi) is 3.88. The zero-order valence-electron chi connectivity index (χ0n) is 7.29. The third-order valence-corrected chi connectivity index (χ3v) is 3.80. The van der Waals surface area contributed by atoms with Crippen molar-refractivity contribution in [3.63, 3.8) is 0 Å². The highest BCUT2D eigenvalue weighted by molar-refractivity contribution is 9.10. The quantitative estimate of drug-likeness (QED) is 0.866. The van der Waals surface area contributed by atoms with Gasteiger partial charge in [0.05, 0.1) is 0 Å². The molecule has 4 nitrogen and oxygen atoms in total. The van der Waals surface area contributed by atoms with Crippen LogP contribution < -0.4 is 4.72 Å². The maximum atomic E-state index is 11.5. The zero-order valence-corrected chi connectivity index (χ0v) is 10.4. The minimum absolute atomic E-state index is 0.0182. The van der Waals surface area contributed by atoms with Crippen molar-refractivity contribution < 1.29 is 8.42 Å². The molecule has 0 atom stereocenters. The van der Waals surface area contributed by atoms with Crippen LogP contribution in [0.5, 0.6) is 0 Å². The van der Waals surface area contributed by atoms with E-state index in [9.17, 15) is 8.42 Å². The van der Waals surface area contributed by atoms with Crippen molar-refractivity contribution in [2.75, 3.05) is 6.54 Å². The number of hydrogen-bond donors (Lipinski definition) is 1. The van der Waals surface area contributed by atoms with E-state index in [1.165, 1.54) is 12.3 Å². The highest BCUT2D eigenvalue weighted by Crippen LogP contribution is 2.22. The summed E-state index contributed by atoms with van der Waals surface area (Å²) >= 11 is 8.79. The molecule has 1 aromatic rings. The van der Waals surface area contributed by atoms with Gasteiger partial charge in [0.25, 0.3) is 0 Å². The fraction of sp³-hybridized carbons (Fsp3) is 0.286. The van der Waals surface area contributed by atoms with Crippen LogP contribution in [0.2, 0.25) is 5.15 Å². The Balaban J connectivity index is 3.25. The minimum atomic E-state index is -3.54. The lowest BCUT2D eigenvalue weighted by molar-refractivity contribution is 0.583. The molecular formula is C7H8BrClN2O2S. The molecule has 7 heteroatoms. The largest absolute Gasteiger partial charge is 0.243 e. The predicted octanol–water partition coefficient (Wildman–Crippen LogP) is 1.80. The number of nitrogens with one attached hydrogen (secondary N) is 1. The number of hydrogen-bond acceptors (Lipinski definition) is 3. The molecule has 0 aromatic carbocycles. The van der Waals surface area contributed by atoms with Crippen LogP contribution in [0.3, 0.4) is 0 Å². The molecule has 1 heterocycles. The summed E-state index contributed by atoms with van der Waals surface area (Å²) < 4.78 is 26.0. The zero-order chi connectivity index (χ0) is 10.8. The molecule has 0 saturated heterocycles. The lowest BCUT2D eigenvalue weighted by atomic mass is 10.5. The lowest BCUT2D eigenvalue weighted by Gasteiger charge is -2.05. The van der Waals surface area contributed by atoms with Gasteiger partial charge >= 0.3 is 0 Å². The molecule has 0 fully saturated rings. The Morgan fingerprint density at radius 1 is 1.64 bits per heavy atom. The summed E-state index contributed by atoms with van der Waals surface area (Å²) in [5.74, 6) is 0. The number of halogens is 2. The van der Waals surface area contributed by atoms with Gasteiger partial charge in [0, 0.05) is 17.2 Å². The Morgan fingerprint density at radius 2 is 2.29 bits per heavy atom. The summed E-state index contributed by atoms with van der Waals surface area (Å²) in [6.45, 7) is 2.00. The Hall–Kier alpha value is -0.170. The molecule has 0 radical (unpaired) electrons. The third-order valence-electron chi connectivity index (χ3n) is 1.40. The van der Waals surface area contributed by atoms with Gasteiger partial charge in [-0.3, -0.25) is 0 Å². The summed E-state index contributed by atoms with van der Waals surface area (Å²) in [5, 5.41) is -0.0332. The van der Waals surface area contributed by atoms with Crippen LogP contribution >= 0.6 is 27.5 Å². The normalized spacial score (nSPS) is 11.6. The van der Waals surface area contributed by atoms with Crippen LogP contribution in [-0.4, -0.2) is 19.9 Å². The van der Waals surface area contributed by atoms with Crippen molar-refractivity contribution in [3.8, 4) is 0 Å². The maximum absolute atomic E-state index is 11.5. The molecule has 0 aliphatic heterocycles. The van der Waals surface area contributed by atoms with E-state index in [0.29, 0.717) is 11.0 Å². The number of rotatable bonds is 3. The summed E-state index contributed by atoms with van der Waals surface area (Å²) in [6, 6.07) is 1.41. The van der Waals surface area contributed by atoms with Gasteiger partial charge in [0.2, 0.25) is 10.0 Å². The first kappa shape index (κ1) is 11.9. The van der Waals surface area contributed by atoms with E-state index in [0.717, 1.165) is 0 Å². The average molecular weight is 300 g/mol. The van der Waals surface area contributed by atoms with Crippen LogP contribution in [0.15, 0.2) is 21.6 Å². The highest BCUT2D eigenvalue weighted by Gasteiger charge is 2.17. The van der Waals surface area contributed by atoms with Gasteiger partial charge in [-0.15, -0.1) is 0 Å². The standard InChI is InChI=1S/C7H8BrClN2O2S/c1-2-11-14(12,13)6-3-5(8)4-10-7(6)9/h3-4,11H,2H2,1H3. The molecule has 14 heavy (non-hydrogen) atoms. The molecule has 0 bridgehead atoms. The molecule has 0 unspecified atom stereocenters. The third kappa shape index (κ3) is 2.66. The average Bonchev–Trinajstić information content (AvgIpc) is 2.09. The molecule has 78 valence electrons. The van der Waals surface area contributed by atoms with Crippen LogP contribution in [0.1, 0.15) is 6.92 Å². The Morgan fingerprint density at radius 3 is 2.86 bits per heavy atom. The smallest absolute Gasteiger partial charge is 0.242 e. The lowest BCUT2D eigenvalue weighted by Crippen LogP contribution is -2.23. The monoisotopic (exact) mass is 298 g/mol. The second-order valence-corrected chi connectivity index (χ2v) is 5.45. The van der Waals surface area contributed by atoms with Gasteiger partial charge in [-0.1, -0.05) is 18.5 Å². The van der Waals surface area contributed by atoms with E-state index in [1.807, 2.05) is 0 Å². The number of sulfonamides is 1. The first-order valence-electron chi connectivity index (χ1n) is 3.78. The van der Waals surface area contributed by atoms with Crippen LogP contribution in [0, 0.1) is 0 Å². The molecule has 1 rings (SSSR count). The van der Waals surface area contributed by atoms with Crippen LogP contribution in [-0.2, 0) is 10.0 Å². The van der Waals surface area contributed by atoms with Crippen molar-refractivity contribution in [2.45, 2.75) is 11.8 Å². The van der Waals surface area contributed by atoms with E-state index in [4.69, 9.17) is 11.6 Å². The van der Waals surface area contributed by atoms with Gasteiger partial charge in [0.15, 0.2) is 0 Å². The Labute approximate surface area is 95.9 Å². The van der Waals surface area contributed by atoms with Gasteiger partial charge in [-0.25, -0.2) is 18.1 Å². The van der Waals surface area contributed by atoms with E-state index in [1.54, 1.807) is 6.92 Å². The maximum Gasteiger partial charge on any atom is 0.243 e. The van der Waals surface area contributed by atoms with Crippen molar-refractivity contribution >= 4 is 37.6 Å². The van der Waals surface area contributed by atoms with Crippen molar-refractivity contribution in [1.29, 1.82) is 0 Å². The molecule has 0 aliphatic rings. The molecule has 0 saturated carbocycles. The molecule has 1 N–H and O–H groups in total. The van der Waals surface area contributed by atoms with Gasteiger partial charge in [-0.05, 0) is 22.0 Å². The molecule has 1 aromatic heterocycles. The van der Waals surface area contributed by atoms with E-state index < -0.39 is 10.0 Å². The summed E-state index contributed by atoms with van der Waals surface area (Å²) in [4.78, 5) is 3.71. The van der Waals surface area contributed by atoms with Gasteiger partial charge < -0.3 is 0 Å². The van der Waals surface area contributed by atoms with Crippen molar-refractivity contribution in [2.24, 2.45) is 0 Å². The van der Waals surface area contributed by atoms with Gasteiger partial charge in [-0.2, -0.15) is 0 Å². The van der Waals surface area contributed by atoms with E-state index in [2.05, 4.69) is 25.6 Å². The predicted molar refractivity (Wildman–Crippen MR) is 57.8 cm³/mol. The summed E-state index contributed by atoms with van der Waals surface area (Å²) in [7, 11) is -3.54. The number of nitrogens with zero attached hydrogens (tertiary/aromatic N) is 1. The second-order valence-electron chi connectivity index (χ2n) is 2.44. The van der Waals surface area contributed by atoms with Crippen molar-refractivity contribution in [1.82, 2.24) is 9.71 Å². The molecule has 0 amide bonds. The van der Waals surface area contributed by atoms with Crippen LogP contribution in [0.25, 0.3) is 0 Å².